The molecule has 1 heterocycles. The minimum atomic E-state index is -0.983. The molecule has 1 aromatic rings. The van der Waals surface area contributed by atoms with E-state index in [9.17, 15) is 9.59 Å². The number of carbonyl (C=O) groups excluding carboxylic acids is 1. The minimum Gasteiger partial charge on any atom is -0.480 e. The number of aliphatic carboxylic acids is 1. The standard InChI is InChI=1S/C8H12N4O3S/c1-16-5-7(13)9-2-6-3-12(11-10-6)4-8(14)15/h3H,2,4-5H2,1H3,(H,9,13)(H,14,15). The predicted molar refractivity (Wildman–Crippen MR) is 57.9 cm³/mol. The molecule has 2 N–H and O–H groups in total. The molecule has 0 aliphatic rings. The van der Waals surface area contributed by atoms with Gasteiger partial charge < -0.3 is 10.4 Å². The number of thioether (sulfide) groups is 1. The summed E-state index contributed by atoms with van der Waals surface area (Å²) >= 11 is 1.43. The van der Waals surface area contributed by atoms with E-state index in [0.717, 1.165) is 0 Å². The zero-order valence-electron chi connectivity index (χ0n) is 8.71. The molecule has 88 valence electrons. The number of nitrogens with zero attached hydrogens (tertiary/aromatic N) is 3. The second-order valence-electron chi connectivity index (χ2n) is 3.01. The van der Waals surface area contributed by atoms with Crippen LogP contribution in [0.4, 0.5) is 0 Å². The first-order valence-electron chi connectivity index (χ1n) is 4.48. The first-order chi connectivity index (χ1) is 7.61. The van der Waals surface area contributed by atoms with Crippen LogP contribution in [0.5, 0.6) is 0 Å². The molecule has 0 aromatic carbocycles. The van der Waals surface area contributed by atoms with E-state index in [0.29, 0.717) is 11.4 Å². The second-order valence-corrected chi connectivity index (χ2v) is 3.88. The van der Waals surface area contributed by atoms with Crippen molar-refractivity contribution in [1.82, 2.24) is 20.3 Å². The van der Waals surface area contributed by atoms with Crippen LogP contribution < -0.4 is 5.32 Å². The lowest BCUT2D eigenvalue weighted by Gasteiger charge is -1.99. The van der Waals surface area contributed by atoms with Gasteiger partial charge in [0.1, 0.15) is 12.2 Å². The number of aromatic nitrogens is 3. The molecular formula is C8H12N4O3S. The Bertz CT molecular complexity index is 379. The summed E-state index contributed by atoms with van der Waals surface area (Å²) in [7, 11) is 0. The molecule has 0 bridgehead atoms. The van der Waals surface area contributed by atoms with Gasteiger partial charge in [0.05, 0.1) is 18.5 Å². The summed E-state index contributed by atoms with van der Waals surface area (Å²) in [5.41, 5.74) is 0.538. The van der Waals surface area contributed by atoms with Gasteiger partial charge in [0.15, 0.2) is 0 Å². The van der Waals surface area contributed by atoms with Gasteiger partial charge in [0.2, 0.25) is 5.91 Å². The Labute approximate surface area is 96.2 Å². The SMILES string of the molecule is CSCC(=O)NCc1cn(CC(=O)O)nn1. The van der Waals surface area contributed by atoms with Crippen LogP contribution >= 0.6 is 11.8 Å². The van der Waals surface area contributed by atoms with Crippen molar-refractivity contribution < 1.29 is 14.7 Å². The van der Waals surface area contributed by atoms with Gasteiger partial charge in [-0.25, -0.2) is 4.68 Å². The Morgan fingerprint density at radius 1 is 1.62 bits per heavy atom. The van der Waals surface area contributed by atoms with Gasteiger partial charge >= 0.3 is 5.97 Å². The van der Waals surface area contributed by atoms with Crippen molar-refractivity contribution in [2.75, 3.05) is 12.0 Å². The molecule has 0 aliphatic heterocycles. The summed E-state index contributed by atoms with van der Waals surface area (Å²) in [5.74, 6) is -0.674. The third-order valence-electron chi connectivity index (χ3n) is 1.63. The van der Waals surface area contributed by atoms with Crippen molar-refractivity contribution in [3.63, 3.8) is 0 Å². The van der Waals surface area contributed by atoms with E-state index in [1.165, 1.54) is 22.6 Å². The van der Waals surface area contributed by atoms with E-state index >= 15 is 0 Å². The van der Waals surface area contributed by atoms with Crippen LogP contribution in [-0.2, 0) is 22.7 Å². The molecule has 1 amide bonds. The van der Waals surface area contributed by atoms with Crippen LogP contribution in [0.2, 0.25) is 0 Å². The largest absolute Gasteiger partial charge is 0.480 e. The predicted octanol–water partition coefficient (Wildman–Crippen LogP) is -0.658. The summed E-state index contributed by atoms with van der Waals surface area (Å²) in [5, 5.41) is 18.5. The highest BCUT2D eigenvalue weighted by molar-refractivity contribution is 7.99. The molecule has 0 saturated carbocycles. The lowest BCUT2D eigenvalue weighted by Crippen LogP contribution is -2.24. The normalized spacial score (nSPS) is 10.1. The Balaban J connectivity index is 2.40. The molecule has 0 aliphatic carbocycles. The van der Waals surface area contributed by atoms with Crippen LogP contribution in [0.15, 0.2) is 6.20 Å². The van der Waals surface area contributed by atoms with Gasteiger partial charge in [-0.3, -0.25) is 9.59 Å². The Morgan fingerprint density at radius 3 is 3.00 bits per heavy atom. The Morgan fingerprint density at radius 2 is 2.38 bits per heavy atom. The van der Waals surface area contributed by atoms with Crippen LogP contribution in [0, 0.1) is 0 Å². The maximum atomic E-state index is 11.1. The zero-order valence-corrected chi connectivity index (χ0v) is 9.53. The quantitative estimate of drug-likeness (QED) is 0.689. The number of hydrogen-bond donors (Lipinski definition) is 2. The topological polar surface area (TPSA) is 97.1 Å². The van der Waals surface area contributed by atoms with Crippen LogP contribution in [0.1, 0.15) is 5.69 Å². The third kappa shape index (κ3) is 4.30. The zero-order chi connectivity index (χ0) is 12.0. The molecular weight excluding hydrogens is 232 g/mol. The summed E-state index contributed by atoms with van der Waals surface area (Å²) in [4.78, 5) is 21.5. The van der Waals surface area contributed by atoms with Crippen molar-refractivity contribution in [3.05, 3.63) is 11.9 Å². The summed E-state index contributed by atoms with van der Waals surface area (Å²) in [6.45, 7) is 0.0325. The highest BCUT2D eigenvalue weighted by atomic mass is 32.2. The number of carbonyl (C=O) groups is 2. The summed E-state index contributed by atoms with van der Waals surface area (Å²) in [6, 6.07) is 0. The molecule has 16 heavy (non-hydrogen) atoms. The van der Waals surface area contributed by atoms with E-state index in [1.54, 1.807) is 0 Å². The van der Waals surface area contributed by atoms with Gasteiger partial charge in [0.25, 0.3) is 0 Å². The maximum absolute atomic E-state index is 11.1. The number of amides is 1. The number of carboxylic acid groups (broad SMARTS) is 1. The number of carboxylic acids is 1. The van der Waals surface area contributed by atoms with Gasteiger partial charge in [0, 0.05) is 0 Å². The average molecular weight is 244 g/mol. The van der Waals surface area contributed by atoms with Gasteiger partial charge in [-0.15, -0.1) is 5.10 Å². The van der Waals surface area contributed by atoms with Gasteiger partial charge in [-0.2, -0.15) is 11.8 Å². The Hall–Kier alpha value is -1.57. The van der Waals surface area contributed by atoms with Crippen molar-refractivity contribution in [2.24, 2.45) is 0 Å². The first kappa shape index (κ1) is 12.5. The fourth-order valence-electron chi connectivity index (χ4n) is 1.01. The third-order valence-corrected chi connectivity index (χ3v) is 2.18. The second kappa shape index (κ2) is 6.11. The fraction of sp³-hybridized carbons (Fsp3) is 0.500. The maximum Gasteiger partial charge on any atom is 0.325 e. The van der Waals surface area contributed by atoms with E-state index in [1.807, 2.05) is 6.26 Å². The highest BCUT2D eigenvalue weighted by Crippen LogP contribution is 1.94. The monoisotopic (exact) mass is 244 g/mol. The minimum absolute atomic E-state index is 0.0831. The molecule has 0 spiro atoms. The molecule has 1 aromatic heterocycles. The van der Waals surface area contributed by atoms with Crippen LogP contribution in [-0.4, -0.2) is 44.0 Å². The smallest absolute Gasteiger partial charge is 0.325 e. The summed E-state index contributed by atoms with van der Waals surface area (Å²) < 4.78 is 1.21. The number of rotatable bonds is 6. The Kier molecular flexibility index (Phi) is 4.77. The van der Waals surface area contributed by atoms with E-state index < -0.39 is 5.97 Å². The van der Waals surface area contributed by atoms with Crippen LogP contribution in [0.3, 0.4) is 0 Å². The lowest BCUT2D eigenvalue weighted by molar-refractivity contribution is -0.137. The molecule has 8 heteroatoms. The molecule has 1 rings (SSSR count). The van der Waals surface area contributed by atoms with Crippen molar-refractivity contribution in [3.8, 4) is 0 Å². The van der Waals surface area contributed by atoms with Crippen molar-refractivity contribution in [2.45, 2.75) is 13.1 Å². The van der Waals surface area contributed by atoms with E-state index in [-0.39, 0.29) is 19.0 Å². The fourth-order valence-corrected chi connectivity index (χ4v) is 1.37. The van der Waals surface area contributed by atoms with Crippen molar-refractivity contribution >= 4 is 23.6 Å². The molecule has 0 unspecified atom stereocenters. The molecule has 0 fully saturated rings. The van der Waals surface area contributed by atoms with Crippen molar-refractivity contribution in [1.29, 1.82) is 0 Å². The molecule has 0 radical (unpaired) electrons. The molecule has 0 saturated heterocycles. The average Bonchev–Trinajstić information content (AvgIpc) is 2.62. The van der Waals surface area contributed by atoms with Gasteiger partial charge in [-0.1, -0.05) is 5.21 Å². The van der Waals surface area contributed by atoms with E-state index in [4.69, 9.17) is 5.11 Å². The number of nitrogens with one attached hydrogen (secondary N) is 1. The highest BCUT2D eigenvalue weighted by Gasteiger charge is 2.05. The summed E-state index contributed by atoms with van der Waals surface area (Å²) in [6.07, 6.45) is 3.33. The van der Waals surface area contributed by atoms with E-state index in [2.05, 4.69) is 15.6 Å². The molecule has 7 nitrogen and oxygen atoms in total. The molecule has 0 atom stereocenters. The van der Waals surface area contributed by atoms with Crippen LogP contribution in [0.25, 0.3) is 0 Å². The lowest BCUT2D eigenvalue weighted by atomic mass is 10.4. The number of hydrogen-bond acceptors (Lipinski definition) is 5. The first-order valence-corrected chi connectivity index (χ1v) is 5.87. The van der Waals surface area contributed by atoms with Gasteiger partial charge in [-0.05, 0) is 6.26 Å².